The zero-order chi connectivity index (χ0) is 10.3. The van der Waals surface area contributed by atoms with E-state index in [9.17, 15) is 4.57 Å². The smallest absolute Gasteiger partial charge is 0.266 e. The van der Waals surface area contributed by atoms with Gasteiger partial charge < -0.3 is 4.52 Å². The molecule has 2 unspecified atom stereocenters. The molecular formula is C12H12O2P2. The van der Waals surface area contributed by atoms with Crippen molar-refractivity contribution in [1.82, 2.24) is 0 Å². The van der Waals surface area contributed by atoms with Crippen molar-refractivity contribution in [1.29, 1.82) is 0 Å². The molecule has 1 heterocycles. The largest absolute Gasteiger partial charge is 0.441 e. The van der Waals surface area contributed by atoms with Crippen LogP contribution in [0.2, 0.25) is 0 Å². The number of hydrogen-bond acceptors (Lipinski definition) is 2. The van der Waals surface area contributed by atoms with Gasteiger partial charge in [0.1, 0.15) is 5.75 Å². The zero-order valence-electron chi connectivity index (χ0n) is 8.64. The quantitative estimate of drug-likeness (QED) is 0.672. The highest BCUT2D eigenvalue weighted by Crippen LogP contribution is 2.41. The van der Waals surface area contributed by atoms with Crippen LogP contribution in [-0.4, -0.2) is 0 Å². The lowest BCUT2D eigenvalue weighted by Crippen LogP contribution is -2.09. The highest BCUT2D eigenvalue weighted by Gasteiger charge is 2.20. The summed E-state index contributed by atoms with van der Waals surface area (Å²) < 4.78 is 17.2. The molecule has 0 radical (unpaired) electrons. The molecule has 0 saturated carbocycles. The van der Waals surface area contributed by atoms with E-state index in [4.69, 9.17) is 4.52 Å². The summed E-state index contributed by atoms with van der Waals surface area (Å²) >= 11 is 0. The van der Waals surface area contributed by atoms with Gasteiger partial charge in [-0.05, 0) is 17.7 Å². The lowest BCUT2D eigenvalue weighted by atomic mass is 10.0. The molecule has 0 N–H and O–H groups in total. The Morgan fingerprint density at radius 2 is 1.50 bits per heavy atom. The van der Waals surface area contributed by atoms with E-state index in [-0.39, 0.29) is 9.90 Å². The summed E-state index contributed by atoms with van der Waals surface area (Å²) in [5.74, 6) is 0.722. The molecule has 0 aliphatic carbocycles. The molecule has 4 heteroatoms. The Bertz CT molecular complexity index is 552. The van der Waals surface area contributed by atoms with Gasteiger partial charge in [0, 0.05) is 5.56 Å². The average Bonchev–Trinajstić information content (AvgIpc) is 2.30. The van der Waals surface area contributed by atoms with Gasteiger partial charge in [-0.25, -0.2) is 0 Å². The van der Waals surface area contributed by atoms with Crippen molar-refractivity contribution in [3.05, 3.63) is 48.5 Å². The average molecular weight is 250 g/mol. The zero-order valence-corrected chi connectivity index (χ0v) is 11.1. The van der Waals surface area contributed by atoms with Crippen LogP contribution in [-0.2, 0) is 4.57 Å². The first-order valence-corrected chi connectivity index (χ1v) is 6.08. The molecule has 0 saturated heterocycles. The summed E-state index contributed by atoms with van der Waals surface area (Å²) in [5.41, 5.74) is 2.06. The molecule has 0 amide bonds. The van der Waals surface area contributed by atoms with Crippen LogP contribution < -0.4 is 9.83 Å². The minimum atomic E-state index is -2.11. The molecular weight excluding hydrogens is 238 g/mol. The van der Waals surface area contributed by atoms with E-state index in [1.54, 1.807) is 0 Å². The van der Waals surface area contributed by atoms with Crippen LogP contribution >= 0.6 is 17.9 Å². The molecule has 1 aliphatic rings. The third-order valence-corrected chi connectivity index (χ3v) is 3.81. The molecule has 0 aromatic heterocycles. The topological polar surface area (TPSA) is 26.3 Å². The Labute approximate surface area is 98.1 Å². The maximum atomic E-state index is 11.8. The number of para-hydroxylation sites is 1. The maximum Gasteiger partial charge on any atom is 0.266 e. The standard InChI is InChI=1S/C12H9O2P.H3P/c13-15-12-8-4-2-6-10(12)9-5-1-3-7-11(9)14-15;/h1-8,15H;1H3. The Morgan fingerprint density at radius 1 is 0.875 bits per heavy atom. The molecule has 1 aliphatic heterocycles. The first kappa shape index (κ1) is 11.4. The van der Waals surface area contributed by atoms with Gasteiger partial charge in [-0.2, -0.15) is 9.90 Å². The van der Waals surface area contributed by atoms with E-state index in [1.807, 2.05) is 48.5 Å². The van der Waals surface area contributed by atoms with Crippen LogP contribution in [0.25, 0.3) is 11.1 Å². The second-order valence-corrected chi connectivity index (χ2v) is 4.75. The van der Waals surface area contributed by atoms with E-state index in [0.717, 1.165) is 22.2 Å². The molecule has 0 spiro atoms. The minimum Gasteiger partial charge on any atom is -0.441 e. The van der Waals surface area contributed by atoms with E-state index < -0.39 is 8.03 Å². The predicted molar refractivity (Wildman–Crippen MR) is 72.2 cm³/mol. The Hall–Kier alpha value is -1.10. The van der Waals surface area contributed by atoms with Crippen LogP contribution in [0.15, 0.2) is 48.5 Å². The minimum absolute atomic E-state index is 0. The number of hydrogen-bond donors (Lipinski definition) is 0. The van der Waals surface area contributed by atoms with Crippen molar-refractivity contribution in [2.45, 2.75) is 0 Å². The number of rotatable bonds is 0. The fraction of sp³-hybridized carbons (Fsp3) is 0. The molecule has 2 aromatic rings. The van der Waals surface area contributed by atoms with Gasteiger partial charge >= 0.3 is 0 Å². The fourth-order valence-corrected chi connectivity index (χ4v) is 2.99. The van der Waals surface area contributed by atoms with Gasteiger partial charge in [-0.1, -0.05) is 36.4 Å². The summed E-state index contributed by atoms with van der Waals surface area (Å²) in [4.78, 5) is 0. The van der Waals surface area contributed by atoms with Crippen LogP contribution in [0.4, 0.5) is 0 Å². The van der Waals surface area contributed by atoms with Crippen LogP contribution in [0.3, 0.4) is 0 Å². The molecule has 2 atom stereocenters. The summed E-state index contributed by atoms with van der Waals surface area (Å²) in [5, 5.41) is 0.821. The van der Waals surface area contributed by atoms with Gasteiger partial charge in [-0.3, -0.25) is 4.57 Å². The highest BCUT2D eigenvalue weighted by atomic mass is 31.1. The Balaban J connectivity index is 0.000000963. The third-order valence-electron chi connectivity index (χ3n) is 2.53. The van der Waals surface area contributed by atoms with Gasteiger partial charge in [0.2, 0.25) is 0 Å². The Kier molecular flexibility index (Phi) is 3.14. The molecule has 2 nitrogen and oxygen atoms in total. The van der Waals surface area contributed by atoms with Crippen molar-refractivity contribution in [2.75, 3.05) is 0 Å². The maximum absolute atomic E-state index is 11.8. The van der Waals surface area contributed by atoms with Crippen LogP contribution in [0.1, 0.15) is 0 Å². The number of fused-ring (bicyclic) bond motifs is 3. The normalized spacial score (nSPS) is 16.4. The van der Waals surface area contributed by atoms with Crippen molar-refractivity contribution >= 4 is 23.2 Å². The van der Waals surface area contributed by atoms with E-state index in [1.165, 1.54) is 0 Å². The molecule has 0 bridgehead atoms. The lowest BCUT2D eigenvalue weighted by molar-refractivity contribution is 0.513. The molecule has 2 aromatic carbocycles. The van der Waals surface area contributed by atoms with Gasteiger partial charge in [-0.15, -0.1) is 0 Å². The van der Waals surface area contributed by atoms with E-state index in [2.05, 4.69) is 0 Å². The third kappa shape index (κ3) is 1.69. The second-order valence-electron chi connectivity index (χ2n) is 3.43. The van der Waals surface area contributed by atoms with Gasteiger partial charge in [0.25, 0.3) is 8.03 Å². The second kappa shape index (κ2) is 4.41. The molecule has 0 fully saturated rings. The van der Waals surface area contributed by atoms with Crippen molar-refractivity contribution in [3.63, 3.8) is 0 Å². The molecule has 3 rings (SSSR count). The molecule has 16 heavy (non-hydrogen) atoms. The monoisotopic (exact) mass is 250 g/mol. The van der Waals surface area contributed by atoms with Crippen molar-refractivity contribution in [2.24, 2.45) is 0 Å². The number of benzene rings is 2. The lowest BCUT2D eigenvalue weighted by Gasteiger charge is -2.19. The van der Waals surface area contributed by atoms with E-state index in [0.29, 0.717) is 0 Å². The van der Waals surface area contributed by atoms with Gasteiger partial charge in [0.15, 0.2) is 0 Å². The molecule has 82 valence electrons. The summed E-state index contributed by atoms with van der Waals surface area (Å²) in [6.07, 6.45) is 0. The van der Waals surface area contributed by atoms with Crippen LogP contribution in [0.5, 0.6) is 5.75 Å². The first-order chi connectivity index (χ1) is 7.36. The van der Waals surface area contributed by atoms with Crippen molar-refractivity contribution < 1.29 is 9.09 Å². The van der Waals surface area contributed by atoms with Gasteiger partial charge in [0.05, 0.1) is 5.30 Å². The Morgan fingerprint density at radius 3 is 2.31 bits per heavy atom. The SMILES string of the molecule is O=[PH]1Oc2ccccc2-c2ccccc21.P. The van der Waals surface area contributed by atoms with E-state index >= 15 is 0 Å². The summed E-state index contributed by atoms with van der Waals surface area (Å²) in [6.45, 7) is 0. The fourth-order valence-electron chi connectivity index (χ4n) is 1.83. The predicted octanol–water partition coefficient (Wildman–Crippen LogP) is 2.90. The first-order valence-electron chi connectivity index (χ1n) is 4.77. The highest BCUT2D eigenvalue weighted by molar-refractivity contribution is 7.49. The summed E-state index contributed by atoms with van der Waals surface area (Å²) in [6, 6.07) is 15.4. The van der Waals surface area contributed by atoms with Crippen LogP contribution in [0, 0.1) is 0 Å². The van der Waals surface area contributed by atoms with Crippen molar-refractivity contribution in [3.8, 4) is 16.9 Å². The summed E-state index contributed by atoms with van der Waals surface area (Å²) in [7, 11) is -2.11.